The van der Waals surface area contributed by atoms with Gasteiger partial charge in [-0.1, -0.05) is 12.1 Å². The van der Waals surface area contributed by atoms with Crippen LogP contribution in [0.3, 0.4) is 0 Å². The molecule has 0 radical (unpaired) electrons. The quantitative estimate of drug-likeness (QED) is 0.787. The molecule has 0 saturated heterocycles. The first kappa shape index (κ1) is 11.8. The minimum atomic E-state index is -4.07. The molecule has 0 spiro atoms. The smallest absolute Gasteiger partial charge is 0.269 e. The van der Waals surface area contributed by atoms with Crippen LogP contribution in [0.5, 0.6) is 11.5 Å². The first-order valence-corrected chi connectivity index (χ1v) is 5.74. The van der Waals surface area contributed by atoms with E-state index in [1.54, 1.807) is 18.2 Å². The van der Waals surface area contributed by atoms with E-state index in [4.69, 9.17) is 14.0 Å². The Bertz CT molecular complexity index is 438. The maximum absolute atomic E-state index is 10.7. The molecule has 0 aliphatic carbocycles. The Morgan fingerprint density at radius 1 is 1.27 bits per heavy atom. The second-order valence-electron chi connectivity index (χ2n) is 2.88. The molecule has 0 fully saturated rings. The fraction of sp³-hybridized carbons (Fsp3) is 0.333. The molecule has 1 N–H and O–H groups in total. The van der Waals surface area contributed by atoms with Crippen LogP contribution < -0.4 is 9.47 Å². The van der Waals surface area contributed by atoms with Crippen molar-refractivity contribution in [2.24, 2.45) is 0 Å². The molecule has 0 aliphatic heterocycles. The lowest BCUT2D eigenvalue weighted by Crippen LogP contribution is -2.04. The molecule has 0 saturated carbocycles. The average Bonchev–Trinajstić information content (AvgIpc) is 2.15. The summed E-state index contributed by atoms with van der Waals surface area (Å²) in [5.74, 6) is 0.254. The summed E-state index contributed by atoms with van der Waals surface area (Å²) in [4.78, 5) is 0. The predicted molar refractivity (Wildman–Crippen MR) is 54.8 cm³/mol. The van der Waals surface area contributed by atoms with E-state index < -0.39 is 15.9 Å². The van der Waals surface area contributed by atoms with Gasteiger partial charge in [-0.05, 0) is 6.07 Å². The molecule has 0 aromatic heterocycles. The molecule has 1 aromatic carbocycles. The topological polar surface area (TPSA) is 72.8 Å². The summed E-state index contributed by atoms with van der Waals surface area (Å²) >= 11 is 0. The third-order valence-electron chi connectivity index (χ3n) is 1.82. The minimum absolute atomic E-state index is 0.317. The van der Waals surface area contributed by atoms with Gasteiger partial charge in [0, 0.05) is 5.56 Å². The van der Waals surface area contributed by atoms with Gasteiger partial charge in [-0.3, -0.25) is 4.55 Å². The van der Waals surface area contributed by atoms with E-state index in [2.05, 4.69) is 0 Å². The van der Waals surface area contributed by atoms with Crippen LogP contribution >= 0.6 is 0 Å². The van der Waals surface area contributed by atoms with Crippen molar-refractivity contribution in [2.75, 3.05) is 14.2 Å². The molecule has 5 nitrogen and oxygen atoms in total. The first-order valence-electron chi connectivity index (χ1n) is 4.13. The molecule has 0 heterocycles. The standard InChI is InChI=1S/C9H12O5S/c1-13-8-5-3-4-7(9(8)14-2)6-15(10,11)12/h3-5H,6H2,1-2H3,(H,10,11,12). The maximum Gasteiger partial charge on any atom is 0.269 e. The summed E-state index contributed by atoms with van der Waals surface area (Å²) in [6.07, 6.45) is 0. The summed E-state index contributed by atoms with van der Waals surface area (Å²) in [6.45, 7) is 0. The summed E-state index contributed by atoms with van der Waals surface area (Å²) < 4.78 is 40.2. The predicted octanol–water partition coefficient (Wildman–Crippen LogP) is 1.09. The molecule has 1 rings (SSSR count). The molecule has 15 heavy (non-hydrogen) atoms. The van der Waals surface area contributed by atoms with Crippen molar-refractivity contribution in [3.63, 3.8) is 0 Å². The zero-order valence-corrected chi connectivity index (χ0v) is 9.24. The van der Waals surface area contributed by atoms with Gasteiger partial charge < -0.3 is 9.47 Å². The van der Waals surface area contributed by atoms with Gasteiger partial charge in [-0.15, -0.1) is 0 Å². The van der Waals surface area contributed by atoms with Crippen LogP contribution in [0.2, 0.25) is 0 Å². The van der Waals surface area contributed by atoms with E-state index in [-0.39, 0.29) is 0 Å². The minimum Gasteiger partial charge on any atom is -0.493 e. The van der Waals surface area contributed by atoms with Gasteiger partial charge in [0.05, 0.1) is 14.2 Å². The molecule has 0 bridgehead atoms. The maximum atomic E-state index is 10.7. The van der Waals surface area contributed by atoms with Gasteiger partial charge >= 0.3 is 0 Å². The van der Waals surface area contributed by atoms with Crippen LogP contribution in [-0.4, -0.2) is 27.2 Å². The number of methoxy groups -OCH3 is 2. The molecule has 0 amide bonds. The van der Waals surface area contributed by atoms with Gasteiger partial charge in [-0.2, -0.15) is 8.42 Å². The number of ether oxygens (including phenoxy) is 2. The van der Waals surface area contributed by atoms with Crippen molar-refractivity contribution in [1.29, 1.82) is 0 Å². The van der Waals surface area contributed by atoms with Crippen molar-refractivity contribution in [3.8, 4) is 11.5 Å². The van der Waals surface area contributed by atoms with Gasteiger partial charge in [0.15, 0.2) is 11.5 Å². The van der Waals surface area contributed by atoms with Gasteiger partial charge in [0.25, 0.3) is 10.1 Å². The zero-order valence-electron chi connectivity index (χ0n) is 8.43. The van der Waals surface area contributed by atoms with E-state index in [0.29, 0.717) is 17.1 Å². The molecule has 1 aromatic rings. The Hall–Kier alpha value is -1.27. The number of hydrogen-bond acceptors (Lipinski definition) is 4. The van der Waals surface area contributed by atoms with Crippen molar-refractivity contribution in [3.05, 3.63) is 23.8 Å². The monoisotopic (exact) mass is 232 g/mol. The second-order valence-corrected chi connectivity index (χ2v) is 4.33. The molecule has 0 aliphatic rings. The Kier molecular flexibility index (Phi) is 3.54. The summed E-state index contributed by atoms with van der Waals surface area (Å²) in [6, 6.07) is 4.82. The normalized spacial score (nSPS) is 11.1. The Balaban J connectivity index is 3.18. The van der Waals surface area contributed by atoms with E-state index >= 15 is 0 Å². The third kappa shape index (κ3) is 3.10. The molecule has 84 valence electrons. The highest BCUT2D eigenvalue weighted by molar-refractivity contribution is 7.85. The second kappa shape index (κ2) is 4.50. The van der Waals surface area contributed by atoms with Crippen LogP contribution in [0.4, 0.5) is 0 Å². The average molecular weight is 232 g/mol. The van der Waals surface area contributed by atoms with Crippen molar-refractivity contribution >= 4 is 10.1 Å². The van der Waals surface area contributed by atoms with Crippen LogP contribution in [0.15, 0.2) is 18.2 Å². The highest BCUT2D eigenvalue weighted by Gasteiger charge is 2.14. The summed E-state index contributed by atoms with van der Waals surface area (Å²) in [5.41, 5.74) is 0.361. The molecular weight excluding hydrogens is 220 g/mol. The van der Waals surface area contributed by atoms with Crippen LogP contribution in [0.1, 0.15) is 5.56 Å². The van der Waals surface area contributed by atoms with Gasteiger partial charge in [0.2, 0.25) is 0 Å². The zero-order chi connectivity index (χ0) is 11.5. The highest BCUT2D eigenvalue weighted by Crippen LogP contribution is 2.31. The lowest BCUT2D eigenvalue weighted by atomic mass is 10.2. The number of hydrogen-bond donors (Lipinski definition) is 1. The number of rotatable bonds is 4. The Labute approximate surface area is 88.4 Å². The van der Waals surface area contributed by atoms with Gasteiger partial charge in [0.1, 0.15) is 5.75 Å². The molecular formula is C9H12O5S. The van der Waals surface area contributed by atoms with Gasteiger partial charge in [-0.25, -0.2) is 0 Å². The number of benzene rings is 1. The SMILES string of the molecule is COc1cccc(CS(=O)(=O)O)c1OC. The van der Waals surface area contributed by atoms with Crippen LogP contribution in [-0.2, 0) is 15.9 Å². The van der Waals surface area contributed by atoms with Crippen LogP contribution in [0.25, 0.3) is 0 Å². The van der Waals surface area contributed by atoms with Crippen molar-refractivity contribution in [1.82, 2.24) is 0 Å². The fourth-order valence-electron chi connectivity index (χ4n) is 1.26. The molecule has 0 atom stereocenters. The van der Waals surface area contributed by atoms with E-state index in [1.807, 2.05) is 0 Å². The Morgan fingerprint density at radius 3 is 2.40 bits per heavy atom. The largest absolute Gasteiger partial charge is 0.493 e. The first-order chi connectivity index (χ1) is 6.98. The van der Waals surface area contributed by atoms with E-state index in [9.17, 15) is 8.42 Å². The number of para-hydroxylation sites is 1. The van der Waals surface area contributed by atoms with Crippen LogP contribution in [0, 0.1) is 0 Å². The summed E-state index contributed by atoms with van der Waals surface area (Å²) in [7, 11) is -1.21. The van der Waals surface area contributed by atoms with E-state index in [1.165, 1.54) is 14.2 Å². The van der Waals surface area contributed by atoms with E-state index in [0.717, 1.165) is 0 Å². The lowest BCUT2D eigenvalue weighted by Gasteiger charge is -2.11. The highest BCUT2D eigenvalue weighted by atomic mass is 32.2. The fourth-order valence-corrected chi connectivity index (χ4v) is 1.88. The Morgan fingerprint density at radius 2 is 1.93 bits per heavy atom. The summed E-state index contributed by atoms with van der Waals surface area (Å²) in [5, 5.41) is 0. The van der Waals surface area contributed by atoms with Crippen molar-refractivity contribution < 1.29 is 22.4 Å². The van der Waals surface area contributed by atoms with Crippen molar-refractivity contribution in [2.45, 2.75) is 5.75 Å². The third-order valence-corrected chi connectivity index (χ3v) is 2.50. The molecule has 6 heteroatoms. The lowest BCUT2D eigenvalue weighted by molar-refractivity contribution is 0.352. The molecule has 0 unspecified atom stereocenters.